The first-order valence-corrected chi connectivity index (χ1v) is 8.00. The zero-order chi connectivity index (χ0) is 18.5. The highest BCUT2D eigenvalue weighted by atomic mass is 16.5. The number of aryl methyl sites for hydroxylation is 1. The number of aromatic carboxylic acids is 1. The number of amides is 1. The van der Waals surface area contributed by atoms with Gasteiger partial charge in [0.25, 0.3) is 5.91 Å². The van der Waals surface area contributed by atoms with Crippen molar-refractivity contribution in [1.29, 1.82) is 0 Å². The monoisotopic (exact) mass is 347 g/mol. The summed E-state index contributed by atoms with van der Waals surface area (Å²) >= 11 is 0. The van der Waals surface area contributed by atoms with E-state index >= 15 is 0 Å². The molecule has 0 aliphatic heterocycles. The molecule has 3 rings (SSSR count). The van der Waals surface area contributed by atoms with Crippen molar-refractivity contribution in [1.82, 2.24) is 0 Å². The van der Waals surface area contributed by atoms with E-state index in [1.807, 2.05) is 31.2 Å². The molecule has 2 N–H and O–H groups in total. The molecule has 0 bridgehead atoms. The number of rotatable bonds is 5. The van der Waals surface area contributed by atoms with Crippen LogP contribution < -0.4 is 10.1 Å². The van der Waals surface area contributed by atoms with Gasteiger partial charge in [-0.2, -0.15) is 0 Å². The molecule has 1 amide bonds. The lowest BCUT2D eigenvalue weighted by atomic mass is 10.1. The van der Waals surface area contributed by atoms with E-state index in [0.717, 1.165) is 11.3 Å². The van der Waals surface area contributed by atoms with Crippen LogP contribution in [0.4, 0.5) is 5.69 Å². The van der Waals surface area contributed by atoms with Crippen LogP contribution in [0.1, 0.15) is 26.3 Å². The average Bonchev–Trinajstić information content (AvgIpc) is 2.64. The van der Waals surface area contributed by atoms with Gasteiger partial charge in [0.05, 0.1) is 5.56 Å². The fourth-order valence-corrected chi connectivity index (χ4v) is 2.32. The van der Waals surface area contributed by atoms with Gasteiger partial charge in [0.15, 0.2) is 0 Å². The number of carboxylic acids is 1. The first-order chi connectivity index (χ1) is 12.5. The van der Waals surface area contributed by atoms with Crippen LogP contribution in [0.5, 0.6) is 11.5 Å². The Morgan fingerprint density at radius 2 is 1.27 bits per heavy atom. The number of carbonyl (C=O) groups is 2. The van der Waals surface area contributed by atoms with Gasteiger partial charge in [-0.05, 0) is 67.6 Å². The normalized spacial score (nSPS) is 10.2. The molecule has 0 aliphatic rings. The van der Waals surface area contributed by atoms with E-state index in [-0.39, 0.29) is 11.5 Å². The lowest BCUT2D eigenvalue weighted by Crippen LogP contribution is -2.11. The van der Waals surface area contributed by atoms with Gasteiger partial charge >= 0.3 is 5.97 Å². The molecule has 26 heavy (non-hydrogen) atoms. The molecule has 0 aliphatic carbocycles. The molecule has 0 fully saturated rings. The molecule has 0 saturated carbocycles. The molecule has 0 heterocycles. The minimum atomic E-state index is -1.01. The Hall–Kier alpha value is -3.60. The van der Waals surface area contributed by atoms with Crippen molar-refractivity contribution in [3.05, 3.63) is 89.5 Å². The number of ether oxygens (including phenoxy) is 1. The second-order valence-electron chi connectivity index (χ2n) is 5.78. The molecule has 0 spiro atoms. The van der Waals surface area contributed by atoms with Gasteiger partial charge in [0, 0.05) is 11.3 Å². The van der Waals surface area contributed by atoms with Crippen LogP contribution in [0.2, 0.25) is 0 Å². The fourth-order valence-electron chi connectivity index (χ4n) is 2.32. The van der Waals surface area contributed by atoms with Gasteiger partial charge < -0.3 is 15.2 Å². The van der Waals surface area contributed by atoms with Crippen molar-refractivity contribution in [3.8, 4) is 11.5 Å². The Balaban J connectivity index is 1.64. The molecule has 0 aromatic heterocycles. The number of hydrogen-bond donors (Lipinski definition) is 2. The summed E-state index contributed by atoms with van der Waals surface area (Å²) in [4.78, 5) is 23.1. The van der Waals surface area contributed by atoms with E-state index in [2.05, 4.69) is 5.32 Å². The van der Waals surface area contributed by atoms with Gasteiger partial charge in [0.2, 0.25) is 0 Å². The summed E-state index contributed by atoms with van der Waals surface area (Å²) in [6.07, 6.45) is 0. The van der Waals surface area contributed by atoms with Crippen LogP contribution in [0, 0.1) is 6.92 Å². The van der Waals surface area contributed by atoms with E-state index in [4.69, 9.17) is 9.84 Å². The number of carboxylic acid groups (broad SMARTS) is 1. The first-order valence-electron chi connectivity index (χ1n) is 8.00. The number of anilines is 1. The van der Waals surface area contributed by atoms with Gasteiger partial charge in [-0.1, -0.05) is 17.7 Å². The molecular formula is C21H17NO4. The van der Waals surface area contributed by atoms with Gasteiger partial charge in [0.1, 0.15) is 11.5 Å². The summed E-state index contributed by atoms with van der Waals surface area (Å²) in [5, 5.41) is 11.6. The largest absolute Gasteiger partial charge is 0.478 e. The highest BCUT2D eigenvalue weighted by Crippen LogP contribution is 2.22. The van der Waals surface area contributed by atoms with Gasteiger partial charge in [-0.25, -0.2) is 4.79 Å². The SMILES string of the molecule is Cc1ccc(Oc2ccc(C(=O)Nc3ccc(C(=O)O)cc3)cc2)cc1. The summed E-state index contributed by atoms with van der Waals surface area (Å²) in [7, 11) is 0. The maximum Gasteiger partial charge on any atom is 0.335 e. The quantitative estimate of drug-likeness (QED) is 0.699. The minimum Gasteiger partial charge on any atom is -0.478 e. The van der Waals surface area contributed by atoms with Crippen LogP contribution >= 0.6 is 0 Å². The molecule has 0 saturated heterocycles. The number of carbonyl (C=O) groups excluding carboxylic acids is 1. The van der Waals surface area contributed by atoms with Crippen molar-refractivity contribution >= 4 is 17.6 Å². The predicted molar refractivity (Wildman–Crippen MR) is 99.0 cm³/mol. The summed E-state index contributed by atoms with van der Waals surface area (Å²) in [6.45, 7) is 2.01. The van der Waals surface area contributed by atoms with Crippen LogP contribution in [-0.2, 0) is 0 Å². The average molecular weight is 347 g/mol. The number of benzene rings is 3. The molecule has 3 aromatic rings. The Morgan fingerprint density at radius 1 is 0.769 bits per heavy atom. The molecule has 3 aromatic carbocycles. The lowest BCUT2D eigenvalue weighted by molar-refractivity contribution is 0.0696. The molecule has 0 atom stereocenters. The van der Waals surface area contributed by atoms with Gasteiger partial charge in [-0.3, -0.25) is 4.79 Å². The van der Waals surface area contributed by atoms with E-state index in [1.54, 1.807) is 36.4 Å². The molecular weight excluding hydrogens is 330 g/mol. The highest BCUT2D eigenvalue weighted by molar-refractivity contribution is 6.04. The third kappa shape index (κ3) is 4.27. The molecule has 5 nitrogen and oxygen atoms in total. The zero-order valence-electron chi connectivity index (χ0n) is 14.1. The van der Waals surface area contributed by atoms with E-state index < -0.39 is 5.97 Å². The van der Waals surface area contributed by atoms with Crippen LogP contribution in [-0.4, -0.2) is 17.0 Å². The van der Waals surface area contributed by atoms with E-state index in [9.17, 15) is 9.59 Å². The smallest absolute Gasteiger partial charge is 0.335 e. The first kappa shape index (κ1) is 17.2. The van der Waals surface area contributed by atoms with E-state index in [1.165, 1.54) is 12.1 Å². The Kier molecular flexibility index (Phi) is 4.99. The second kappa shape index (κ2) is 7.53. The second-order valence-corrected chi connectivity index (χ2v) is 5.78. The molecule has 0 radical (unpaired) electrons. The maximum absolute atomic E-state index is 12.3. The summed E-state index contributed by atoms with van der Waals surface area (Å²) in [5.41, 5.74) is 2.32. The standard InChI is InChI=1S/C21H17NO4/c1-14-2-10-18(11-3-14)26-19-12-6-15(7-13-19)20(23)22-17-8-4-16(5-9-17)21(24)25/h2-13H,1H3,(H,22,23)(H,24,25). The Bertz CT molecular complexity index is 914. The third-order valence-electron chi connectivity index (χ3n) is 3.76. The van der Waals surface area contributed by atoms with Crippen LogP contribution in [0.25, 0.3) is 0 Å². The van der Waals surface area contributed by atoms with Crippen molar-refractivity contribution in [2.75, 3.05) is 5.32 Å². The summed E-state index contributed by atoms with van der Waals surface area (Å²) in [6, 6.07) is 20.5. The predicted octanol–water partition coefficient (Wildman–Crippen LogP) is 4.74. The van der Waals surface area contributed by atoms with Crippen molar-refractivity contribution in [3.63, 3.8) is 0 Å². The van der Waals surface area contributed by atoms with Crippen LogP contribution in [0.3, 0.4) is 0 Å². The highest BCUT2D eigenvalue weighted by Gasteiger charge is 2.08. The van der Waals surface area contributed by atoms with Crippen LogP contribution in [0.15, 0.2) is 72.8 Å². The number of hydrogen-bond acceptors (Lipinski definition) is 3. The van der Waals surface area contributed by atoms with Crippen molar-refractivity contribution < 1.29 is 19.4 Å². The molecule has 0 unspecified atom stereocenters. The van der Waals surface area contributed by atoms with Crippen molar-refractivity contribution in [2.45, 2.75) is 6.92 Å². The topological polar surface area (TPSA) is 75.6 Å². The minimum absolute atomic E-state index is 0.167. The summed E-state index contributed by atoms with van der Waals surface area (Å²) in [5.74, 6) is 0.0736. The maximum atomic E-state index is 12.3. The number of nitrogens with one attached hydrogen (secondary N) is 1. The molecule has 5 heteroatoms. The van der Waals surface area contributed by atoms with E-state index in [0.29, 0.717) is 17.0 Å². The zero-order valence-corrected chi connectivity index (χ0v) is 14.1. The third-order valence-corrected chi connectivity index (χ3v) is 3.76. The Labute approximate surface area is 150 Å². The van der Waals surface area contributed by atoms with Crippen molar-refractivity contribution in [2.24, 2.45) is 0 Å². The van der Waals surface area contributed by atoms with Gasteiger partial charge in [-0.15, -0.1) is 0 Å². The Morgan fingerprint density at radius 3 is 1.81 bits per heavy atom. The summed E-state index contributed by atoms with van der Waals surface area (Å²) < 4.78 is 5.73. The fraction of sp³-hybridized carbons (Fsp3) is 0.0476. The lowest BCUT2D eigenvalue weighted by Gasteiger charge is -2.08. The molecule has 130 valence electrons.